The van der Waals surface area contributed by atoms with E-state index < -0.39 is 10.0 Å². The van der Waals surface area contributed by atoms with Gasteiger partial charge in [0, 0.05) is 19.2 Å². The minimum atomic E-state index is -3.53. The van der Waals surface area contributed by atoms with Crippen molar-refractivity contribution in [1.29, 1.82) is 0 Å². The maximum Gasteiger partial charge on any atom is 0.243 e. The lowest BCUT2D eigenvalue weighted by Gasteiger charge is -2.34. The third-order valence-electron chi connectivity index (χ3n) is 3.70. The van der Waals surface area contributed by atoms with E-state index in [4.69, 9.17) is 9.47 Å². The Morgan fingerprint density at radius 2 is 1.71 bits per heavy atom. The van der Waals surface area contributed by atoms with Crippen LogP contribution < -0.4 is 4.74 Å². The number of nitrogens with zero attached hydrogens (tertiary/aromatic N) is 1. The quantitative estimate of drug-likeness (QED) is 0.857. The summed E-state index contributed by atoms with van der Waals surface area (Å²) in [7, 11) is -1.99. The highest BCUT2D eigenvalue weighted by atomic mass is 32.2. The molecule has 2 rings (SSSR count). The summed E-state index contributed by atoms with van der Waals surface area (Å²) in [5.41, 5.74) is 1.66. The van der Waals surface area contributed by atoms with Gasteiger partial charge in [-0.15, -0.1) is 0 Å². The average Bonchev–Trinajstić information content (AvgIpc) is 2.37. The van der Waals surface area contributed by atoms with Crippen LogP contribution in [0.4, 0.5) is 0 Å². The molecule has 1 aliphatic rings. The number of hydrogen-bond acceptors (Lipinski definition) is 4. The van der Waals surface area contributed by atoms with E-state index in [-0.39, 0.29) is 12.2 Å². The zero-order chi connectivity index (χ0) is 15.8. The first kappa shape index (κ1) is 16.3. The molecule has 0 amide bonds. The monoisotopic (exact) mass is 313 g/mol. The van der Waals surface area contributed by atoms with E-state index in [1.807, 2.05) is 33.8 Å². The predicted molar refractivity (Wildman–Crippen MR) is 81.2 cm³/mol. The molecule has 1 saturated heterocycles. The van der Waals surface area contributed by atoms with Crippen LogP contribution in [0.1, 0.15) is 25.0 Å². The van der Waals surface area contributed by atoms with Crippen LogP contribution in [0.5, 0.6) is 5.75 Å². The van der Waals surface area contributed by atoms with E-state index in [0.717, 1.165) is 11.1 Å². The van der Waals surface area contributed by atoms with Crippen molar-refractivity contribution in [3.63, 3.8) is 0 Å². The van der Waals surface area contributed by atoms with Gasteiger partial charge in [0.2, 0.25) is 10.0 Å². The van der Waals surface area contributed by atoms with Crippen LogP contribution in [0.2, 0.25) is 0 Å². The Morgan fingerprint density at radius 3 is 2.24 bits per heavy atom. The van der Waals surface area contributed by atoms with Crippen LogP contribution in [0.25, 0.3) is 0 Å². The van der Waals surface area contributed by atoms with Crippen molar-refractivity contribution in [1.82, 2.24) is 4.31 Å². The summed E-state index contributed by atoms with van der Waals surface area (Å²) >= 11 is 0. The molecule has 1 aromatic rings. The minimum absolute atomic E-state index is 0.101. The van der Waals surface area contributed by atoms with E-state index in [1.165, 1.54) is 4.31 Å². The molecule has 1 fully saturated rings. The predicted octanol–water partition coefficient (Wildman–Crippen LogP) is 2.11. The number of sulfonamides is 1. The summed E-state index contributed by atoms with van der Waals surface area (Å²) in [6, 6.07) is 3.46. The summed E-state index contributed by atoms with van der Waals surface area (Å²) in [6.45, 7) is 8.25. The molecule has 6 heteroatoms. The lowest BCUT2D eigenvalue weighted by Crippen LogP contribution is -2.48. The van der Waals surface area contributed by atoms with E-state index in [0.29, 0.717) is 23.7 Å². The molecule has 1 heterocycles. The van der Waals surface area contributed by atoms with Crippen LogP contribution in [-0.2, 0) is 14.8 Å². The Morgan fingerprint density at radius 1 is 1.14 bits per heavy atom. The molecule has 0 radical (unpaired) electrons. The molecular weight excluding hydrogens is 290 g/mol. The molecule has 0 N–H and O–H groups in total. The Bertz CT molecular complexity index is 617. The number of hydrogen-bond donors (Lipinski definition) is 0. The number of rotatable bonds is 3. The Kier molecular flexibility index (Phi) is 4.60. The average molecular weight is 313 g/mol. The lowest BCUT2D eigenvalue weighted by atomic mass is 10.1. The second-order valence-corrected chi connectivity index (χ2v) is 7.57. The molecule has 1 aromatic carbocycles. The fourth-order valence-electron chi connectivity index (χ4n) is 2.78. The molecule has 0 bridgehead atoms. The molecule has 0 unspecified atom stereocenters. The third kappa shape index (κ3) is 3.22. The second kappa shape index (κ2) is 5.94. The summed E-state index contributed by atoms with van der Waals surface area (Å²) in [4.78, 5) is 0.311. The van der Waals surface area contributed by atoms with E-state index in [2.05, 4.69) is 0 Å². The molecule has 1 aliphatic heterocycles. The van der Waals surface area contributed by atoms with Crippen LogP contribution in [0.15, 0.2) is 17.0 Å². The fraction of sp³-hybridized carbons (Fsp3) is 0.600. The molecule has 5 nitrogen and oxygen atoms in total. The van der Waals surface area contributed by atoms with E-state index in [9.17, 15) is 8.42 Å². The van der Waals surface area contributed by atoms with Crippen molar-refractivity contribution in [3.05, 3.63) is 23.3 Å². The zero-order valence-electron chi connectivity index (χ0n) is 13.2. The Hall–Kier alpha value is -1.11. The minimum Gasteiger partial charge on any atom is -0.496 e. The number of methoxy groups -OCH3 is 1. The highest BCUT2D eigenvalue weighted by Crippen LogP contribution is 2.29. The highest BCUT2D eigenvalue weighted by molar-refractivity contribution is 7.89. The molecule has 0 spiro atoms. The summed E-state index contributed by atoms with van der Waals surface area (Å²) < 4.78 is 38.2. The Balaban J connectivity index is 2.44. The second-order valence-electron chi connectivity index (χ2n) is 5.67. The van der Waals surface area contributed by atoms with Crippen LogP contribution in [0.3, 0.4) is 0 Å². The first-order valence-corrected chi connectivity index (χ1v) is 8.50. The lowest BCUT2D eigenvalue weighted by molar-refractivity contribution is -0.0440. The van der Waals surface area contributed by atoms with Gasteiger partial charge >= 0.3 is 0 Å². The standard InChI is InChI=1S/C15H23NO4S/c1-10-6-11(2)15(7-14(10)19-5)21(17,18)16-8-12(3)20-13(4)9-16/h6-7,12-13H,8-9H2,1-5H3/t12-,13-/m1/s1. The van der Waals surface area contributed by atoms with Crippen LogP contribution >= 0.6 is 0 Å². The van der Waals surface area contributed by atoms with Gasteiger partial charge in [0.25, 0.3) is 0 Å². The molecular formula is C15H23NO4S. The van der Waals surface area contributed by atoms with Gasteiger partial charge in [0.15, 0.2) is 0 Å². The van der Waals surface area contributed by atoms with Gasteiger partial charge in [-0.25, -0.2) is 8.42 Å². The largest absolute Gasteiger partial charge is 0.496 e. The van der Waals surface area contributed by atoms with Crippen molar-refractivity contribution in [2.75, 3.05) is 20.2 Å². The first-order valence-electron chi connectivity index (χ1n) is 7.06. The van der Waals surface area contributed by atoms with Crippen molar-refractivity contribution >= 4 is 10.0 Å². The normalized spacial score (nSPS) is 24.0. The molecule has 118 valence electrons. The van der Waals surface area contributed by atoms with Gasteiger partial charge < -0.3 is 9.47 Å². The molecule has 0 aliphatic carbocycles. The molecule has 2 atom stereocenters. The Labute approximate surface area is 126 Å². The third-order valence-corrected chi connectivity index (χ3v) is 5.67. The van der Waals surface area contributed by atoms with Gasteiger partial charge in [-0.05, 0) is 38.8 Å². The highest BCUT2D eigenvalue weighted by Gasteiger charge is 2.33. The van der Waals surface area contributed by atoms with Gasteiger partial charge in [-0.2, -0.15) is 4.31 Å². The van der Waals surface area contributed by atoms with E-state index >= 15 is 0 Å². The summed E-state index contributed by atoms with van der Waals surface area (Å²) in [5.74, 6) is 0.591. The van der Waals surface area contributed by atoms with Gasteiger partial charge in [0.1, 0.15) is 5.75 Å². The first-order chi connectivity index (χ1) is 9.75. The number of morpholine rings is 1. The van der Waals surface area contributed by atoms with Crippen molar-refractivity contribution in [3.8, 4) is 5.75 Å². The fourth-order valence-corrected chi connectivity index (χ4v) is 4.59. The molecule has 0 aromatic heterocycles. The number of aryl methyl sites for hydroxylation is 2. The van der Waals surface area contributed by atoms with Crippen molar-refractivity contribution in [2.45, 2.75) is 44.8 Å². The van der Waals surface area contributed by atoms with Gasteiger partial charge in [-0.1, -0.05) is 6.07 Å². The van der Waals surface area contributed by atoms with Gasteiger partial charge in [0.05, 0.1) is 24.2 Å². The molecule has 0 saturated carbocycles. The maximum absolute atomic E-state index is 12.9. The number of benzene rings is 1. The SMILES string of the molecule is COc1cc(S(=O)(=O)N2C[C@@H](C)O[C@H](C)C2)c(C)cc1C. The summed E-state index contributed by atoms with van der Waals surface area (Å²) in [5, 5.41) is 0. The molecule has 21 heavy (non-hydrogen) atoms. The zero-order valence-corrected chi connectivity index (χ0v) is 14.0. The topological polar surface area (TPSA) is 55.8 Å². The number of ether oxygens (including phenoxy) is 2. The van der Waals surface area contributed by atoms with Crippen LogP contribution in [0, 0.1) is 13.8 Å². The van der Waals surface area contributed by atoms with Gasteiger partial charge in [-0.3, -0.25) is 0 Å². The smallest absolute Gasteiger partial charge is 0.243 e. The summed E-state index contributed by atoms with van der Waals surface area (Å²) in [6.07, 6.45) is -0.202. The van der Waals surface area contributed by atoms with Crippen LogP contribution in [-0.4, -0.2) is 45.1 Å². The van der Waals surface area contributed by atoms with Crippen molar-refractivity contribution in [2.24, 2.45) is 0 Å². The maximum atomic E-state index is 12.9. The van der Waals surface area contributed by atoms with Crippen molar-refractivity contribution < 1.29 is 17.9 Å². The van der Waals surface area contributed by atoms with E-state index in [1.54, 1.807) is 13.2 Å².